The molecule has 0 spiro atoms. The van der Waals surface area contributed by atoms with E-state index in [2.05, 4.69) is 56.3 Å². The molecule has 1 N–H and O–H groups in total. The van der Waals surface area contributed by atoms with E-state index in [0.29, 0.717) is 6.04 Å². The topological polar surface area (TPSA) is 53.0 Å². The number of rotatable bonds is 9. The van der Waals surface area contributed by atoms with Gasteiger partial charge in [0.25, 0.3) is 0 Å². The van der Waals surface area contributed by atoms with Crippen molar-refractivity contribution in [1.82, 2.24) is 29.5 Å². The standard InChI is InChI=1S/C27H33FN6/c1-32(17-21-4-7-24(28)8-5-21)25-10-13-33(14-11-25)12-2-3-23-16-30-27-9-6-22(15-26(23)27)18-34-20-29-19-31-34/h4-9,15-16,19-20,25,30H,2-3,10-14,17-18H2,1H3. The number of aryl methyl sites for hydroxylation is 1. The highest BCUT2D eigenvalue weighted by atomic mass is 19.1. The maximum Gasteiger partial charge on any atom is 0.137 e. The number of aromatic nitrogens is 4. The third kappa shape index (κ3) is 5.54. The second-order valence-electron chi connectivity index (χ2n) is 9.50. The summed E-state index contributed by atoms with van der Waals surface area (Å²) in [5.74, 6) is -0.167. The number of piperidine rings is 1. The summed E-state index contributed by atoms with van der Waals surface area (Å²) >= 11 is 0. The number of hydrogen-bond acceptors (Lipinski definition) is 4. The first-order valence-electron chi connectivity index (χ1n) is 12.2. The zero-order valence-corrected chi connectivity index (χ0v) is 19.8. The predicted octanol–water partition coefficient (Wildman–Crippen LogP) is 4.48. The molecule has 7 heteroatoms. The summed E-state index contributed by atoms with van der Waals surface area (Å²) in [7, 11) is 2.19. The van der Waals surface area contributed by atoms with Crippen LogP contribution >= 0.6 is 0 Å². The van der Waals surface area contributed by atoms with E-state index >= 15 is 0 Å². The van der Waals surface area contributed by atoms with Crippen molar-refractivity contribution in [2.75, 3.05) is 26.7 Å². The minimum Gasteiger partial charge on any atom is -0.361 e. The van der Waals surface area contributed by atoms with E-state index in [0.717, 1.165) is 45.6 Å². The molecule has 0 bridgehead atoms. The Labute approximate surface area is 200 Å². The third-order valence-electron chi connectivity index (χ3n) is 7.09. The van der Waals surface area contributed by atoms with E-state index in [4.69, 9.17) is 0 Å². The largest absolute Gasteiger partial charge is 0.361 e. The van der Waals surface area contributed by atoms with Crippen LogP contribution in [0.25, 0.3) is 10.9 Å². The lowest BCUT2D eigenvalue weighted by atomic mass is 10.0. The number of hydrogen-bond donors (Lipinski definition) is 1. The van der Waals surface area contributed by atoms with Gasteiger partial charge in [-0.1, -0.05) is 18.2 Å². The molecule has 1 aliphatic heterocycles. The van der Waals surface area contributed by atoms with Crippen LogP contribution in [0.4, 0.5) is 4.39 Å². The molecule has 0 unspecified atom stereocenters. The lowest BCUT2D eigenvalue weighted by Crippen LogP contribution is -2.43. The average molecular weight is 461 g/mol. The van der Waals surface area contributed by atoms with Gasteiger partial charge in [0.1, 0.15) is 18.5 Å². The molecular weight excluding hydrogens is 427 g/mol. The fourth-order valence-corrected chi connectivity index (χ4v) is 5.12. The van der Waals surface area contributed by atoms with Gasteiger partial charge in [-0.05, 0) is 93.3 Å². The lowest BCUT2D eigenvalue weighted by molar-refractivity contribution is 0.122. The predicted molar refractivity (Wildman–Crippen MR) is 133 cm³/mol. The number of nitrogens with one attached hydrogen (secondary N) is 1. The van der Waals surface area contributed by atoms with Crippen molar-refractivity contribution in [3.8, 4) is 0 Å². The fraction of sp³-hybridized carbons (Fsp3) is 0.407. The summed E-state index contributed by atoms with van der Waals surface area (Å²) in [6.45, 7) is 5.05. The maximum atomic E-state index is 13.2. The van der Waals surface area contributed by atoms with Gasteiger partial charge in [0.2, 0.25) is 0 Å². The van der Waals surface area contributed by atoms with E-state index in [9.17, 15) is 4.39 Å². The number of aromatic amines is 1. The van der Waals surface area contributed by atoms with Gasteiger partial charge < -0.3 is 9.88 Å². The Balaban J connectivity index is 1.09. The second-order valence-corrected chi connectivity index (χ2v) is 9.50. The van der Waals surface area contributed by atoms with E-state index in [1.54, 1.807) is 24.8 Å². The van der Waals surface area contributed by atoms with Crippen LogP contribution < -0.4 is 0 Å². The van der Waals surface area contributed by atoms with Gasteiger partial charge >= 0.3 is 0 Å². The summed E-state index contributed by atoms with van der Waals surface area (Å²) < 4.78 is 15.0. The van der Waals surface area contributed by atoms with Gasteiger partial charge in [-0.15, -0.1) is 0 Å². The Morgan fingerprint density at radius 2 is 1.88 bits per heavy atom. The van der Waals surface area contributed by atoms with Crippen LogP contribution in [0.5, 0.6) is 0 Å². The molecule has 4 aromatic rings. The third-order valence-corrected chi connectivity index (χ3v) is 7.09. The molecule has 5 rings (SSSR count). The molecule has 0 atom stereocenters. The molecule has 6 nitrogen and oxygen atoms in total. The summed E-state index contributed by atoms with van der Waals surface area (Å²) in [4.78, 5) is 12.5. The van der Waals surface area contributed by atoms with Crippen LogP contribution in [-0.2, 0) is 19.5 Å². The van der Waals surface area contributed by atoms with E-state index in [-0.39, 0.29) is 5.82 Å². The van der Waals surface area contributed by atoms with E-state index < -0.39 is 0 Å². The molecule has 2 aromatic carbocycles. The highest BCUT2D eigenvalue weighted by Crippen LogP contribution is 2.23. The highest BCUT2D eigenvalue weighted by Gasteiger charge is 2.22. The zero-order valence-electron chi connectivity index (χ0n) is 19.8. The summed E-state index contributed by atoms with van der Waals surface area (Å²) in [5, 5.41) is 5.54. The van der Waals surface area contributed by atoms with Crippen LogP contribution in [0, 0.1) is 5.82 Å². The quantitative estimate of drug-likeness (QED) is 0.400. The Bertz CT molecular complexity index is 1180. The van der Waals surface area contributed by atoms with Crippen molar-refractivity contribution < 1.29 is 4.39 Å². The van der Waals surface area contributed by atoms with Gasteiger partial charge in [0.05, 0.1) is 6.54 Å². The molecule has 3 heterocycles. The minimum atomic E-state index is -0.167. The Morgan fingerprint density at radius 1 is 1.09 bits per heavy atom. The van der Waals surface area contributed by atoms with Crippen molar-refractivity contribution in [3.63, 3.8) is 0 Å². The number of benzene rings is 2. The summed E-state index contributed by atoms with van der Waals surface area (Å²) in [6, 6.07) is 14.1. The number of fused-ring (bicyclic) bond motifs is 1. The molecule has 2 aromatic heterocycles. The van der Waals surface area contributed by atoms with E-state index in [1.165, 1.54) is 40.4 Å². The van der Waals surface area contributed by atoms with Gasteiger partial charge in [-0.2, -0.15) is 5.10 Å². The number of likely N-dealkylation sites (tertiary alicyclic amines) is 1. The van der Waals surface area contributed by atoms with Crippen molar-refractivity contribution in [1.29, 1.82) is 0 Å². The molecule has 178 valence electrons. The van der Waals surface area contributed by atoms with Gasteiger partial charge in [-0.3, -0.25) is 4.90 Å². The fourth-order valence-electron chi connectivity index (χ4n) is 5.12. The van der Waals surface area contributed by atoms with Crippen molar-refractivity contribution in [2.24, 2.45) is 0 Å². The van der Waals surface area contributed by atoms with Gasteiger partial charge in [0, 0.05) is 29.7 Å². The molecule has 1 aliphatic rings. The Kier molecular flexibility index (Phi) is 7.02. The summed E-state index contributed by atoms with van der Waals surface area (Å²) in [5.41, 5.74) is 5.01. The van der Waals surface area contributed by atoms with Crippen molar-refractivity contribution in [3.05, 3.63) is 83.8 Å². The molecule has 34 heavy (non-hydrogen) atoms. The molecule has 1 saturated heterocycles. The first-order chi connectivity index (χ1) is 16.6. The van der Waals surface area contributed by atoms with Crippen LogP contribution in [0.2, 0.25) is 0 Å². The SMILES string of the molecule is CN(Cc1ccc(F)cc1)C1CCN(CCCc2c[nH]c3ccc(Cn4cncn4)cc23)CC1. The number of H-pyrrole nitrogens is 1. The zero-order chi connectivity index (χ0) is 23.3. The van der Waals surface area contributed by atoms with Crippen LogP contribution in [0.15, 0.2) is 61.3 Å². The van der Waals surface area contributed by atoms with Crippen molar-refractivity contribution in [2.45, 2.75) is 44.8 Å². The van der Waals surface area contributed by atoms with Crippen molar-refractivity contribution >= 4 is 10.9 Å². The van der Waals surface area contributed by atoms with Gasteiger partial charge in [-0.25, -0.2) is 14.1 Å². The minimum absolute atomic E-state index is 0.167. The maximum absolute atomic E-state index is 13.2. The molecule has 0 radical (unpaired) electrons. The average Bonchev–Trinajstić information content (AvgIpc) is 3.51. The summed E-state index contributed by atoms with van der Waals surface area (Å²) in [6.07, 6.45) is 10.1. The highest BCUT2D eigenvalue weighted by molar-refractivity contribution is 5.83. The normalized spacial score (nSPS) is 15.5. The first kappa shape index (κ1) is 22.7. The first-order valence-corrected chi connectivity index (χ1v) is 12.2. The van der Waals surface area contributed by atoms with Gasteiger partial charge in [0.15, 0.2) is 0 Å². The Hall–Kier alpha value is -3.03. The monoisotopic (exact) mass is 460 g/mol. The number of halogens is 1. The molecule has 0 saturated carbocycles. The van der Waals surface area contributed by atoms with Crippen LogP contribution in [0.3, 0.4) is 0 Å². The molecule has 0 aliphatic carbocycles. The van der Waals surface area contributed by atoms with E-state index in [1.807, 2.05) is 16.8 Å². The lowest BCUT2D eigenvalue weighted by Gasteiger charge is -2.36. The Morgan fingerprint density at radius 3 is 2.65 bits per heavy atom. The molecule has 1 fully saturated rings. The smallest absolute Gasteiger partial charge is 0.137 e. The molecular formula is C27H33FN6. The number of nitrogens with zero attached hydrogens (tertiary/aromatic N) is 5. The van der Waals surface area contributed by atoms with Crippen LogP contribution in [-0.4, -0.2) is 62.3 Å². The molecule has 0 amide bonds. The second kappa shape index (κ2) is 10.5. The van der Waals surface area contributed by atoms with Crippen LogP contribution in [0.1, 0.15) is 36.0 Å².